The lowest BCUT2D eigenvalue weighted by atomic mass is 9.82. The van der Waals surface area contributed by atoms with Crippen molar-refractivity contribution in [3.63, 3.8) is 0 Å². The Morgan fingerprint density at radius 2 is 1.81 bits per heavy atom. The molecule has 5 rings (SSSR count). The standard InChI is InChI=1S/C28H37ClN6O2/c29-24-17-31-27(33-22-6-4-21(5-7-22)18-35-10-14-37-15-11-35)16-23(24)25-2-1-3-26(34-25)32-20-28(19-30)8-12-36-13-9-28/h1-3,16-17,21-22H,4-15,18,20H2,(H,31,33)(H,32,34)/t21-,22-. The predicted octanol–water partition coefficient (Wildman–Crippen LogP) is 4.83. The topological polar surface area (TPSA) is 95.3 Å². The maximum atomic E-state index is 9.74. The Bertz CT molecular complexity index is 1070. The van der Waals surface area contributed by atoms with Crippen molar-refractivity contribution in [1.82, 2.24) is 14.9 Å². The third-order valence-corrected chi connectivity index (χ3v) is 8.30. The van der Waals surface area contributed by atoms with Crippen LogP contribution in [0, 0.1) is 22.7 Å². The van der Waals surface area contributed by atoms with Crippen LogP contribution in [0.25, 0.3) is 11.3 Å². The van der Waals surface area contributed by atoms with Gasteiger partial charge in [-0.2, -0.15) is 5.26 Å². The van der Waals surface area contributed by atoms with Gasteiger partial charge in [-0.3, -0.25) is 4.90 Å². The molecule has 1 aliphatic carbocycles. The molecule has 4 heterocycles. The second kappa shape index (κ2) is 12.4. The number of rotatable bonds is 8. The van der Waals surface area contributed by atoms with Gasteiger partial charge in [0.2, 0.25) is 0 Å². The van der Waals surface area contributed by atoms with Crippen molar-refractivity contribution in [1.29, 1.82) is 5.26 Å². The molecular formula is C28H37ClN6O2. The molecule has 0 bridgehead atoms. The summed E-state index contributed by atoms with van der Waals surface area (Å²) in [6, 6.07) is 10.8. The van der Waals surface area contributed by atoms with Gasteiger partial charge in [0, 0.05) is 57.2 Å². The van der Waals surface area contributed by atoms with Gasteiger partial charge in [-0.1, -0.05) is 17.7 Å². The summed E-state index contributed by atoms with van der Waals surface area (Å²) in [7, 11) is 0. The number of pyridine rings is 2. The monoisotopic (exact) mass is 524 g/mol. The molecule has 0 spiro atoms. The van der Waals surface area contributed by atoms with Crippen molar-refractivity contribution >= 4 is 23.2 Å². The number of morpholine rings is 1. The van der Waals surface area contributed by atoms with Crippen molar-refractivity contribution in [2.45, 2.75) is 44.6 Å². The summed E-state index contributed by atoms with van der Waals surface area (Å²) in [4.78, 5) is 11.9. The smallest absolute Gasteiger partial charge is 0.126 e. The average Bonchev–Trinajstić information content (AvgIpc) is 2.95. The highest BCUT2D eigenvalue weighted by atomic mass is 35.5. The molecule has 2 aliphatic heterocycles. The fourth-order valence-electron chi connectivity index (χ4n) is 5.59. The van der Waals surface area contributed by atoms with E-state index in [0.717, 1.165) is 80.8 Å². The molecular weight excluding hydrogens is 488 g/mol. The maximum Gasteiger partial charge on any atom is 0.126 e. The first kappa shape index (κ1) is 26.2. The Morgan fingerprint density at radius 1 is 1.05 bits per heavy atom. The minimum Gasteiger partial charge on any atom is -0.381 e. The highest BCUT2D eigenvalue weighted by molar-refractivity contribution is 6.33. The van der Waals surface area contributed by atoms with Gasteiger partial charge in [-0.15, -0.1) is 0 Å². The zero-order valence-corrected chi connectivity index (χ0v) is 22.2. The maximum absolute atomic E-state index is 9.74. The zero-order valence-electron chi connectivity index (χ0n) is 21.4. The number of nitriles is 1. The lowest BCUT2D eigenvalue weighted by Gasteiger charge is -2.34. The number of ether oxygens (including phenoxy) is 2. The van der Waals surface area contributed by atoms with Gasteiger partial charge in [0.15, 0.2) is 0 Å². The molecule has 0 radical (unpaired) electrons. The third-order valence-electron chi connectivity index (χ3n) is 7.99. The number of aromatic nitrogens is 2. The van der Waals surface area contributed by atoms with Crippen LogP contribution in [-0.4, -0.2) is 73.5 Å². The van der Waals surface area contributed by atoms with Crippen LogP contribution >= 0.6 is 11.6 Å². The molecule has 1 saturated carbocycles. The van der Waals surface area contributed by atoms with Crippen LogP contribution in [0.1, 0.15) is 38.5 Å². The Balaban J connectivity index is 1.18. The summed E-state index contributed by atoms with van der Waals surface area (Å²) in [5.74, 6) is 2.34. The highest BCUT2D eigenvalue weighted by Gasteiger charge is 2.32. The van der Waals surface area contributed by atoms with Crippen molar-refractivity contribution in [3.8, 4) is 17.3 Å². The van der Waals surface area contributed by atoms with Crippen molar-refractivity contribution in [3.05, 3.63) is 35.5 Å². The van der Waals surface area contributed by atoms with E-state index in [9.17, 15) is 5.26 Å². The van der Waals surface area contributed by atoms with Crippen LogP contribution in [-0.2, 0) is 9.47 Å². The number of hydrogen-bond donors (Lipinski definition) is 2. The molecule has 37 heavy (non-hydrogen) atoms. The molecule has 3 fully saturated rings. The van der Waals surface area contributed by atoms with E-state index >= 15 is 0 Å². The molecule has 2 aromatic heterocycles. The Kier molecular flexibility index (Phi) is 8.78. The van der Waals surface area contributed by atoms with E-state index in [1.54, 1.807) is 6.20 Å². The van der Waals surface area contributed by atoms with Crippen LogP contribution < -0.4 is 10.6 Å². The summed E-state index contributed by atoms with van der Waals surface area (Å²) in [5.41, 5.74) is 1.22. The molecule has 2 N–H and O–H groups in total. The molecule has 2 saturated heterocycles. The van der Waals surface area contributed by atoms with E-state index in [2.05, 4.69) is 26.6 Å². The molecule has 198 valence electrons. The molecule has 0 atom stereocenters. The van der Waals surface area contributed by atoms with Gasteiger partial charge < -0.3 is 20.1 Å². The van der Waals surface area contributed by atoms with Gasteiger partial charge in [-0.25, -0.2) is 9.97 Å². The van der Waals surface area contributed by atoms with Crippen molar-refractivity contribution in [2.75, 3.05) is 63.2 Å². The molecule has 0 aromatic carbocycles. The summed E-state index contributed by atoms with van der Waals surface area (Å²) >= 11 is 6.56. The van der Waals surface area contributed by atoms with Crippen LogP contribution in [0.15, 0.2) is 30.5 Å². The van der Waals surface area contributed by atoms with Crippen molar-refractivity contribution in [2.24, 2.45) is 11.3 Å². The van der Waals surface area contributed by atoms with E-state index in [1.165, 1.54) is 19.4 Å². The molecule has 9 heteroatoms. The summed E-state index contributed by atoms with van der Waals surface area (Å²) < 4.78 is 10.9. The molecule has 0 unspecified atom stereocenters. The van der Waals surface area contributed by atoms with Crippen LogP contribution in [0.3, 0.4) is 0 Å². The Labute approximate surface area is 224 Å². The van der Waals surface area contributed by atoms with E-state index in [-0.39, 0.29) is 0 Å². The first-order chi connectivity index (χ1) is 18.1. The molecule has 8 nitrogen and oxygen atoms in total. The van der Waals surface area contributed by atoms with Crippen LogP contribution in [0.2, 0.25) is 5.02 Å². The molecule has 3 aliphatic rings. The zero-order chi connectivity index (χ0) is 25.5. The number of halogens is 1. The SMILES string of the molecule is N#CC1(CNc2cccc(-c3cc(N[C@H]4CC[C@H](CN5CCOCC5)CC4)ncc3Cl)n2)CCOCC1. The first-order valence-electron chi connectivity index (χ1n) is 13.5. The lowest BCUT2D eigenvalue weighted by molar-refractivity contribution is 0.0276. The summed E-state index contributed by atoms with van der Waals surface area (Å²) in [6.45, 7) is 6.86. The lowest BCUT2D eigenvalue weighted by Crippen LogP contribution is -2.40. The first-order valence-corrected chi connectivity index (χ1v) is 13.9. The van der Waals surface area contributed by atoms with Crippen LogP contribution in [0.5, 0.6) is 0 Å². The summed E-state index contributed by atoms with van der Waals surface area (Å²) in [6.07, 6.45) is 7.95. The second-order valence-electron chi connectivity index (χ2n) is 10.6. The Hall–Kier alpha value is -2.44. The van der Waals surface area contributed by atoms with Gasteiger partial charge in [-0.05, 0) is 62.6 Å². The largest absolute Gasteiger partial charge is 0.381 e. The average molecular weight is 525 g/mol. The van der Waals surface area contributed by atoms with E-state index in [4.69, 9.17) is 26.1 Å². The minimum atomic E-state index is -0.414. The van der Waals surface area contributed by atoms with Gasteiger partial charge >= 0.3 is 0 Å². The fourth-order valence-corrected chi connectivity index (χ4v) is 5.79. The number of anilines is 2. The number of nitrogens with one attached hydrogen (secondary N) is 2. The summed E-state index contributed by atoms with van der Waals surface area (Å²) in [5, 5.41) is 17.3. The number of hydrogen-bond acceptors (Lipinski definition) is 8. The highest BCUT2D eigenvalue weighted by Crippen LogP contribution is 2.33. The minimum absolute atomic E-state index is 0.414. The van der Waals surface area contributed by atoms with Gasteiger partial charge in [0.05, 0.1) is 35.4 Å². The fraction of sp³-hybridized carbons (Fsp3) is 0.607. The number of nitrogens with zero attached hydrogens (tertiary/aromatic N) is 4. The van der Waals surface area contributed by atoms with Gasteiger partial charge in [0.1, 0.15) is 11.6 Å². The van der Waals surface area contributed by atoms with Gasteiger partial charge in [0.25, 0.3) is 0 Å². The molecule has 2 aromatic rings. The van der Waals surface area contributed by atoms with Crippen molar-refractivity contribution < 1.29 is 9.47 Å². The predicted molar refractivity (Wildman–Crippen MR) is 146 cm³/mol. The molecule has 0 amide bonds. The third kappa shape index (κ3) is 6.91. The Morgan fingerprint density at radius 3 is 2.57 bits per heavy atom. The van der Waals surface area contributed by atoms with E-state index in [1.807, 2.05) is 24.3 Å². The van der Waals surface area contributed by atoms with E-state index < -0.39 is 5.41 Å². The van der Waals surface area contributed by atoms with Crippen LogP contribution in [0.4, 0.5) is 11.6 Å². The second-order valence-corrected chi connectivity index (χ2v) is 11.0. The normalized spacial score (nSPS) is 24.2. The quantitative estimate of drug-likeness (QED) is 0.507. The van der Waals surface area contributed by atoms with E-state index in [0.29, 0.717) is 30.8 Å².